The highest BCUT2D eigenvalue weighted by Crippen LogP contribution is 2.19. The fourth-order valence-electron chi connectivity index (χ4n) is 2.08. The van der Waals surface area contributed by atoms with Crippen LogP contribution in [-0.2, 0) is 19.3 Å². The van der Waals surface area contributed by atoms with Gasteiger partial charge in [-0.05, 0) is 55.7 Å². The Hall–Kier alpha value is -0.640. The summed E-state index contributed by atoms with van der Waals surface area (Å²) in [4.78, 5) is 4.39. The summed E-state index contributed by atoms with van der Waals surface area (Å²) in [6, 6.07) is 9.12. The van der Waals surface area contributed by atoms with Gasteiger partial charge in [-0.15, -0.1) is 22.7 Å². The molecule has 0 spiro atoms. The molecule has 0 bridgehead atoms. The Bertz CT molecular complexity index is 445. The number of nitrogens with two attached hydrogens (primary N) is 1. The Morgan fingerprint density at radius 3 is 2.67 bits per heavy atom. The number of thiophene rings is 2. The van der Waals surface area contributed by atoms with E-state index in [0.717, 1.165) is 19.3 Å². The summed E-state index contributed by atoms with van der Waals surface area (Å²) in [5, 5.41) is 2.15. The van der Waals surface area contributed by atoms with Crippen LogP contribution in [0.4, 0.5) is 0 Å². The lowest BCUT2D eigenvalue weighted by molar-refractivity contribution is 0.585. The van der Waals surface area contributed by atoms with Crippen LogP contribution in [0.2, 0.25) is 0 Å². The van der Waals surface area contributed by atoms with E-state index in [1.807, 2.05) is 22.7 Å². The Kier molecular flexibility index (Phi) is 5.42. The van der Waals surface area contributed by atoms with Gasteiger partial charge in [-0.25, -0.2) is 0 Å². The van der Waals surface area contributed by atoms with Crippen molar-refractivity contribution in [2.45, 2.75) is 45.1 Å². The van der Waals surface area contributed by atoms with E-state index < -0.39 is 0 Å². The van der Waals surface area contributed by atoms with Crippen molar-refractivity contribution in [3.05, 3.63) is 44.3 Å². The number of rotatable bonds is 7. The minimum Gasteiger partial charge on any atom is -0.327 e. The average Bonchev–Trinajstić information content (AvgIpc) is 3.00. The van der Waals surface area contributed by atoms with Gasteiger partial charge in [0.05, 0.1) is 0 Å². The second kappa shape index (κ2) is 7.07. The van der Waals surface area contributed by atoms with E-state index in [4.69, 9.17) is 5.73 Å². The van der Waals surface area contributed by atoms with Crippen molar-refractivity contribution in [1.82, 2.24) is 0 Å². The van der Waals surface area contributed by atoms with E-state index in [2.05, 4.69) is 36.6 Å². The molecule has 0 aliphatic rings. The Morgan fingerprint density at radius 2 is 2.00 bits per heavy atom. The van der Waals surface area contributed by atoms with Gasteiger partial charge < -0.3 is 5.73 Å². The third-order valence-corrected chi connectivity index (χ3v) is 5.30. The lowest BCUT2D eigenvalue weighted by Gasteiger charge is -2.09. The summed E-state index contributed by atoms with van der Waals surface area (Å²) in [6.45, 7) is 2.20. The van der Waals surface area contributed by atoms with Crippen LogP contribution in [0, 0.1) is 0 Å². The largest absolute Gasteiger partial charge is 0.327 e. The highest BCUT2D eigenvalue weighted by atomic mass is 32.1. The molecule has 0 aromatic carbocycles. The van der Waals surface area contributed by atoms with Crippen LogP contribution in [0.3, 0.4) is 0 Å². The van der Waals surface area contributed by atoms with Crippen LogP contribution >= 0.6 is 22.7 Å². The molecule has 0 amide bonds. The van der Waals surface area contributed by atoms with Gasteiger partial charge in [0.1, 0.15) is 0 Å². The maximum atomic E-state index is 6.21. The SMILES string of the molecule is CCc1ccc(CC(N)CCCc2cccs2)s1. The fraction of sp³-hybridized carbons (Fsp3) is 0.467. The van der Waals surface area contributed by atoms with Crippen LogP contribution in [0.1, 0.15) is 34.4 Å². The van der Waals surface area contributed by atoms with E-state index in [0.29, 0.717) is 6.04 Å². The normalized spacial score (nSPS) is 12.8. The van der Waals surface area contributed by atoms with Crippen LogP contribution in [0.5, 0.6) is 0 Å². The summed E-state index contributed by atoms with van der Waals surface area (Å²) < 4.78 is 0. The number of aryl methyl sites for hydroxylation is 2. The minimum absolute atomic E-state index is 0.313. The molecule has 1 atom stereocenters. The fourth-order valence-corrected chi connectivity index (χ4v) is 3.88. The molecule has 0 aliphatic heterocycles. The number of hydrogen-bond acceptors (Lipinski definition) is 3. The molecule has 1 unspecified atom stereocenters. The molecule has 18 heavy (non-hydrogen) atoms. The van der Waals surface area contributed by atoms with Gasteiger partial charge in [0.15, 0.2) is 0 Å². The van der Waals surface area contributed by atoms with Gasteiger partial charge in [-0.2, -0.15) is 0 Å². The van der Waals surface area contributed by atoms with Gasteiger partial charge in [-0.1, -0.05) is 13.0 Å². The summed E-state index contributed by atoms with van der Waals surface area (Å²) in [6.07, 6.45) is 5.67. The molecule has 0 aliphatic carbocycles. The Labute approximate surface area is 118 Å². The molecule has 2 rings (SSSR count). The lowest BCUT2D eigenvalue weighted by Crippen LogP contribution is -2.22. The summed E-state index contributed by atoms with van der Waals surface area (Å²) in [7, 11) is 0. The predicted octanol–water partition coefficient (Wildman–Crippen LogP) is 4.26. The van der Waals surface area contributed by atoms with Crippen molar-refractivity contribution in [1.29, 1.82) is 0 Å². The zero-order chi connectivity index (χ0) is 12.8. The maximum Gasteiger partial charge on any atom is 0.00873 e. The van der Waals surface area contributed by atoms with E-state index in [1.54, 1.807) is 0 Å². The molecular weight excluding hydrogens is 258 g/mol. The van der Waals surface area contributed by atoms with Crippen LogP contribution < -0.4 is 5.73 Å². The second-order valence-corrected chi connectivity index (χ2v) is 6.94. The topological polar surface area (TPSA) is 26.0 Å². The van der Waals surface area contributed by atoms with Crippen LogP contribution in [0.25, 0.3) is 0 Å². The third kappa shape index (κ3) is 4.23. The van der Waals surface area contributed by atoms with E-state index in [-0.39, 0.29) is 0 Å². The predicted molar refractivity (Wildman–Crippen MR) is 82.6 cm³/mol. The van der Waals surface area contributed by atoms with Crippen LogP contribution in [0.15, 0.2) is 29.6 Å². The molecule has 0 saturated heterocycles. The molecule has 2 aromatic rings. The van der Waals surface area contributed by atoms with Gasteiger partial charge in [0.25, 0.3) is 0 Å². The monoisotopic (exact) mass is 279 g/mol. The molecular formula is C15H21NS2. The summed E-state index contributed by atoms with van der Waals surface area (Å²) in [5.41, 5.74) is 6.21. The van der Waals surface area contributed by atoms with E-state index >= 15 is 0 Å². The highest BCUT2D eigenvalue weighted by Gasteiger charge is 2.06. The first kappa shape index (κ1) is 13.8. The van der Waals surface area contributed by atoms with E-state index in [9.17, 15) is 0 Å². The van der Waals surface area contributed by atoms with Crippen molar-refractivity contribution in [2.75, 3.05) is 0 Å². The average molecular weight is 279 g/mol. The molecule has 3 heteroatoms. The van der Waals surface area contributed by atoms with Crippen molar-refractivity contribution in [2.24, 2.45) is 5.73 Å². The molecule has 2 aromatic heterocycles. The van der Waals surface area contributed by atoms with Gasteiger partial charge in [-0.3, -0.25) is 0 Å². The second-order valence-electron chi connectivity index (χ2n) is 4.66. The molecule has 0 saturated carbocycles. The Balaban J connectivity index is 1.70. The quantitative estimate of drug-likeness (QED) is 0.805. The highest BCUT2D eigenvalue weighted by molar-refractivity contribution is 7.12. The molecule has 2 N–H and O–H groups in total. The molecule has 0 radical (unpaired) electrons. The number of hydrogen-bond donors (Lipinski definition) is 1. The van der Waals surface area contributed by atoms with E-state index in [1.165, 1.54) is 27.5 Å². The first-order chi connectivity index (χ1) is 8.78. The first-order valence-electron chi connectivity index (χ1n) is 6.63. The summed E-state index contributed by atoms with van der Waals surface area (Å²) >= 11 is 3.76. The van der Waals surface area contributed by atoms with Crippen molar-refractivity contribution < 1.29 is 0 Å². The van der Waals surface area contributed by atoms with Gasteiger partial charge in [0, 0.05) is 20.7 Å². The minimum atomic E-state index is 0.313. The van der Waals surface area contributed by atoms with Gasteiger partial charge >= 0.3 is 0 Å². The Morgan fingerprint density at radius 1 is 1.17 bits per heavy atom. The third-order valence-electron chi connectivity index (χ3n) is 3.11. The molecule has 98 valence electrons. The van der Waals surface area contributed by atoms with Crippen LogP contribution in [-0.4, -0.2) is 6.04 Å². The smallest absolute Gasteiger partial charge is 0.00873 e. The first-order valence-corrected chi connectivity index (χ1v) is 8.33. The lowest BCUT2D eigenvalue weighted by atomic mass is 10.1. The zero-order valence-corrected chi connectivity index (χ0v) is 12.5. The molecule has 2 heterocycles. The van der Waals surface area contributed by atoms with Gasteiger partial charge in [0.2, 0.25) is 0 Å². The molecule has 1 nitrogen and oxygen atoms in total. The summed E-state index contributed by atoms with van der Waals surface area (Å²) in [5.74, 6) is 0. The zero-order valence-electron chi connectivity index (χ0n) is 10.9. The standard InChI is InChI=1S/C15H21NS2/c1-2-13-8-9-15(18-13)11-12(16)5-3-6-14-7-4-10-17-14/h4,7-10,12H,2-3,5-6,11,16H2,1H3. The maximum absolute atomic E-state index is 6.21. The molecule has 0 fully saturated rings. The van der Waals surface area contributed by atoms with Crippen molar-refractivity contribution >= 4 is 22.7 Å². The van der Waals surface area contributed by atoms with Crippen molar-refractivity contribution in [3.8, 4) is 0 Å². The van der Waals surface area contributed by atoms with Crippen molar-refractivity contribution in [3.63, 3.8) is 0 Å².